The molecule has 0 radical (unpaired) electrons. The molecule has 3 heterocycles. The van der Waals surface area contributed by atoms with Gasteiger partial charge < -0.3 is 14.2 Å². The van der Waals surface area contributed by atoms with Crippen LogP contribution in [0.4, 0.5) is 0 Å². The largest absolute Gasteiger partial charge is 0.467 e. The van der Waals surface area contributed by atoms with Crippen LogP contribution < -0.4 is 4.74 Å². The zero-order chi connectivity index (χ0) is 20.7. The van der Waals surface area contributed by atoms with E-state index in [4.69, 9.17) is 4.74 Å². The van der Waals surface area contributed by atoms with Gasteiger partial charge in [-0.2, -0.15) is 0 Å². The molecule has 5 nitrogen and oxygen atoms in total. The number of rotatable bonds is 4. The van der Waals surface area contributed by atoms with Gasteiger partial charge in [0.2, 0.25) is 5.91 Å². The predicted molar refractivity (Wildman–Crippen MR) is 121 cm³/mol. The second kappa shape index (κ2) is 7.76. The van der Waals surface area contributed by atoms with Crippen molar-refractivity contribution in [3.8, 4) is 5.19 Å². The minimum absolute atomic E-state index is 0.118. The molecule has 0 aliphatic carbocycles. The van der Waals surface area contributed by atoms with Crippen LogP contribution in [0, 0.1) is 6.92 Å². The zero-order valence-electron chi connectivity index (χ0n) is 17.3. The number of benzene rings is 2. The van der Waals surface area contributed by atoms with Crippen LogP contribution in [0.5, 0.6) is 5.19 Å². The van der Waals surface area contributed by atoms with Gasteiger partial charge in [-0.25, -0.2) is 4.98 Å². The fraction of sp³-hybridized carbons (Fsp3) is 0.333. The monoisotopic (exact) mass is 419 g/mol. The molecule has 0 spiro atoms. The molecule has 0 N–H and O–H groups in total. The number of hydrogen-bond donors (Lipinski definition) is 0. The van der Waals surface area contributed by atoms with E-state index in [-0.39, 0.29) is 12.0 Å². The molecule has 2 aromatic carbocycles. The highest BCUT2D eigenvalue weighted by molar-refractivity contribution is 7.20. The summed E-state index contributed by atoms with van der Waals surface area (Å²) in [6.07, 6.45) is 4.33. The van der Waals surface area contributed by atoms with Crippen molar-refractivity contribution in [2.24, 2.45) is 7.05 Å². The lowest BCUT2D eigenvalue weighted by molar-refractivity contribution is -0.132. The SMILES string of the molecule is Cc1cccc2sc(OC3CCN(C(=O)Cc4cn(C)c5ccccc45)CC3)nc12. The van der Waals surface area contributed by atoms with Crippen molar-refractivity contribution in [1.82, 2.24) is 14.5 Å². The van der Waals surface area contributed by atoms with Gasteiger partial charge in [-0.1, -0.05) is 41.7 Å². The van der Waals surface area contributed by atoms with Gasteiger partial charge in [0.25, 0.3) is 5.19 Å². The Balaban J connectivity index is 1.21. The summed E-state index contributed by atoms with van der Waals surface area (Å²) in [6.45, 7) is 3.54. The third-order valence-corrected chi connectivity index (χ3v) is 6.90. The first kappa shape index (κ1) is 19.1. The number of aromatic nitrogens is 2. The number of likely N-dealkylation sites (tertiary alicyclic amines) is 1. The van der Waals surface area contributed by atoms with E-state index in [2.05, 4.69) is 53.0 Å². The summed E-state index contributed by atoms with van der Waals surface area (Å²) in [6, 6.07) is 14.5. The van der Waals surface area contributed by atoms with Crippen molar-refractivity contribution >= 4 is 38.4 Å². The van der Waals surface area contributed by atoms with E-state index in [1.165, 1.54) is 11.1 Å². The van der Waals surface area contributed by atoms with Crippen molar-refractivity contribution < 1.29 is 9.53 Å². The van der Waals surface area contributed by atoms with Gasteiger partial charge in [-0.05, 0) is 30.2 Å². The number of carbonyl (C=O) groups excluding carboxylic acids is 1. The molecule has 1 aliphatic rings. The zero-order valence-corrected chi connectivity index (χ0v) is 18.1. The summed E-state index contributed by atoms with van der Waals surface area (Å²) >= 11 is 1.60. The van der Waals surface area contributed by atoms with Crippen LogP contribution in [-0.2, 0) is 18.3 Å². The van der Waals surface area contributed by atoms with Gasteiger partial charge in [-0.3, -0.25) is 4.79 Å². The molecule has 30 heavy (non-hydrogen) atoms. The first-order valence-electron chi connectivity index (χ1n) is 10.4. The topological polar surface area (TPSA) is 47.4 Å². The summed E-state index contributed by atoms with van der Waals surface area (Å²) in [5.74, 6) is 0.195. The van der Waals surface area contributed by atoms with E-state index < -0.39 is 0 Å². The Morgan fingerprint density at radius 2 is 1.97 bits per heavy atom. The highest BCUT2D eigenvalue weighted by Crippen LogP contribution is 2.31. The maximum atomic E-state index is 12.9. The molecular formula is C24H25N3O2S. The molecule has 0 bridgehead atoms. The van der Waals surface area contributed by atoms with Crippen LogP contribution in [0.1, 0.15) is 24.0 Å². The average molecular weight is 420 g/mol. The predicted octanol–water partition coefficient (Wildman–Crippen LogP) is 4.71. The first-order valence-corrected chi connectivity index (χ1v) is 11.2. The molecule has 4 aromatic rings. The molecule has 154 valence electrons. The summed E-state index contributed by atoms with van der Waals surface area (Å²) in [7, 11) is 2.03. The van der Waals surface area contributed by atoms with Gasteiger partial charge in [0.1, 0.15) is 6.10 Å². The third-order valence-electron chi connectivity index (χ3n) is 5.98. The number of thiazole rings is 1. The smallest absolute Gasteiger partial charge is 0.274 e. The summed E-state index contributed by atoms with van der Waals surface area (Å²) < 4.78 is 9.42. The van der Waals surface area contributed by atoms with Crippen LogP contribution in [0.3, 0.4) is 0 Å². The number of aryl methyl sites for hydroxylation is 2. The van der Waals surface area contributed by atoms with E-state index in [1.54, 1.807) is 11.3 Å². The molecule has 6 heteroatoms. The van der Waals surface area contributed by atoms with Crippen molar-refractivity contribution in [1.29, 1.82) is 0 Å². The Morgan fingerprint density at radius 1 is 1.17 bits per heavy atom. The third kappa shape index (κ3) is 3.56. The Kier molecular flexibility index (Phi) is 4.95. The highest BCUT2D eigenvalue weighted by Gasteiger charge is 2.25. The standard InChI is InChI=1S/C24H25N3O2S/c1-16-6-5-9-21-23(16)25-24(30-21)29-18-10-12-27(13-11-18)22(28)14-17-15-26(2)20-8-4-3-7-19(17)20/h3-9,15,18H,10-14H2,1-2H3. The van der Waals surface area contributed by atoms with Gasteiger partial charge >= 0.3 is 0 Å². The number of fused-ring (bicyclic) bond motifs is 2. The molecule has 0 saturated carbocycles. The van der Waals surface area contributed by atoms with Crippen molar-refractivity contribution in [3.05, 3.63) is 59.8 Å². The minimum atomic E-state index is 0.118. The molecular weight excluding hydrogens is 394 g/mol. The molecule has 0 atom stereocenters. The minimum Gasteiger partial charge on any atom is -0.467 e. The Bertz CT molecular complexity index is 1220. The second-order valence-corrected chi connectivity index (χ2v) is 9.05. The van der Waals surface area contributed by atoms with Gasteiger partial charge in [0.15, 0.2) is 0 Å². The Labute approximate surface area is 179 Å². The number of hydrogen-bond acceptors (Lipinski definition) is 4. The molecule has 5 rings (SSSR count). The molecule has 1 fully saturated rings. The second-order valence-electron chi connectivity index (χ2n) is 8.06. The van der Waals surface area contributed by atoms with Crippen LogP contribution in [0.15, 0.2) is 48.7 Å². The summed E-state index contributed by atoms with van der Waals surface area (Å²) in [5.41, 5.74) is 4.47. The number of nitrogens with zero attached hydrogens (tertiary/aromatic N) is 3. The van der Waals surface area contributed by atoms with Crippen LogP contribution in [-0.4, -0.2) is 39.6 Å². The van der Waals surface area contributed by atoms with E-state index in [0.717, 1.165) is 52.3 Å². The normalized spacial score (nSPS) is 15.2. The van der Waals surface area contributed by atoms with Crippen LogP contribution in [0.2, 0.25) is 0 Å². The lowest BCUT2D eigenvalue weighted by atomic mass is 10.1. The van der Waals surface area contributed by atoms with Crippen molar-refractivity contribution in [3.63, 3.8) is 0 Å². The number of para-hydroxylation sites is 2. The number of amides is 1. The molecule has 2 aromatic heterocycles. The summed E-state index contributed by atoms with van der Waals surface area (Å²) in [5, 5.41) is 1.90. The van der Waals surface area contributed by atoms with E-state index in [0.29, 0.717) is 6.42 Å². The lowest BCUT2D eigenvalue weighted by Crippen LogP contribution is -2.42. The van der Waals surface area contributed by atoms with Crippen LogP contribution in [0.25, 0.3) is 21.1 Å². The highest BCUT2D eigenvalue weighted by atomic mass is 32.1. The number of piperidine rings is 1. The van der Waals surface area contributed by atoms with Gasteiger partial charge in [0, 0.05) is 50.1 Å². The summed E-state index contributed by atoms with van der Waals surface area (Å²) in [4.78, 5) is 19.5. The average Bonchev–Trinajstić information content (AvgIpc) is 3.30. The van der Waals surface area contributed by atoms with E-state index >= 15 is 0 Å². The van der Waals surface area contributed by atoms with Crippen LogP contribution >= 0.6 is 11.3 Å². The molecule has 1 aliphatic heterocycles. The Hall–Kier alpha value is -2.86. The fourth-order valence-electron chi connectivity index (χ4n) is 4.32. The first-order chi connectivity index (χ1) is 14.6. The Morgan fingerprint density at radius 3 is 2.77 bits per heavy atom. The quantitative estimate of drug-likeness (QED) is 0.481. The van der Waals surface area contributed by atoms with E-state index in [9.17, 15) is 4.79 Å². The van der Waals surface area contributed by atoms with E-state index in [1.807, 2.05) is 24.1 Å². The molecule has 1 saturated heterocycles. The number of carbonyl (C=O) groups is 1. The maximum absolute atomic E-state index is 12.9. The maximum Gasteiger partial charge on any atom is 0.274 e. The fourth-order valence-corrected chi connectivity index (χ4v) is 5.28. The molecule has 0 unspecified atom stereocenters. The number of ether oxygens (including phenoxy) is 1. The van der Waals surface area contributed by atoms with Crippen molar-refractivity contribution in [2.45, 2.75) is 32.3 Å². The lowest BCUT2D eigenvalue weighted by Gasteiger charge is -2.31. The molecule has 1 amide bonds. The van der Waals surface area contributed by atoms with Crippen molar-refractivity contribution in [2.75, 3.05) is 13.1 Å². The van der Waals surface area contributed by atoms with Gasteiger partial charge in [0.05, 0.1) is 16.6 Å². The van der Waals surface area contributed by atoms with Gasteiger partial charge in [-0.15, -0.1) is 0 Å².